The van der Waals surface area contributed by atoms with Gasteiger partial charge in [0, 0.05) is 13.2 Å². The molecule has 6 heteroatoms. The summed E-state index contributed by atoms with van der Waals surface area (Å²) in [5, 5.41) is 15.4. The highest BCUT2D eigenvalue weighted by molar-refractivity contribution is 5.62. The highest BCUT2D eigenvalue weighted by Gasteiger charge is 2.14. The van der Waals surface area contributed by atoms with E-state index in [1.165, 1.54) is 12.1 Å². The van der Waals surface area contributed by atoms with Crippen LogP contribution in [0.25, 0.3) is 0 Å². The van der Waals surface area contributed by atoms with Gasteiger partial charge in [-0.1, -0.05) is 0 Å². The Bertz CT molecular complexity index is 640. The van der Waals surface area contributed by atoms with Crippen molar-refractivity contribution < 1.29 is 8.78 Å². The highest BCUT2D eigenvalue weighted by Crippen LogP contribution is 2.25. The Kier molecular flexibility index (Phi) is 2.98. The van der Waals surface area contributed by atoms with E-state index in [4.69, 9.17) is 5.26 Å². The lowest BCUT2D eigenvalue weighted by Gasteiger charge is -2.07. The molecule has 1 heterocycles. The second-order valence-electron chi connectivity index (χ2n) is 3.83. The lowest BCUT2D eigenvalue weighted by Crippen LogP contribution is -1.98. The fourth-order valence-electron chi connectivity index (χ4n) is 1.60. The normalized spacial score (nSPS) is 10.2. The number of rotatable bonds is 2. The fraction of sp³-hybridized carbons (Fsp3) is 0.167. The molecule has 0 radical (unpaired) electrons. The maximum absolute atomic E-state index is 13.7. The van der Waals surface area contributed by atoms with Gasteiger partial charge < -0.3 is 5.32 Å². The van der Waals surface area contributed by atoms with E-state index in [0.29, 0.717) is 11.4 Å². The highest BCUT2D eigenvalue weighted by atomic mass is 19.2. The van der Waals surface area contributed by atoms with Gasteiger partial charge in [-0.3, -0.25) is 4.68 Å². The van der Waals surface area contributed by atoms with Crippen molar-refractivity contribution in [2.24, 2.45) is 7.05 Å². The Hall–Kier alpha value is -2.42. The van der Waals surface area contributed by atoms with Crippen LogP contribution in [-0.2, 0) is 7.05 Å². The van der Waals surface area contributed by atoms with Crippen molar-refractivity contribution in [2.75, 3.05) is 5.32 Å². The van der Waals surface area contributed by atoms with Crippen molar-refractivity contribution in [1.82, 2.24) is 9.78 Å². The number of hydrogen-bond donors (Lipinski definition) is 1. The molecule has 1 N–H and O–H groups in total. The van der Waals surface area contributed by atoms with Gasteiger partial charge in [-0.2, -0.15) is 10.4 Å². The van der Waals surface area contributed by atoms with E-state index in [1.807, 2.05) is 0 Å². The molecule has 0 spiro atoms. The molecule has 0 fully saturated rings. The summed E-state index contributed by atoms with van der Waals surface area (Å²) < 4.78 is 28.6. The molecule has 0 aliphatic carbocycles. The Labute approximate surface area is 102 Å². The molecule has 2 aromatic rings. The monoisotopic (exact) mass is 248 g/mol. The van der Waals surface area contributed by atoms with Crippen LogP contribution in [0.4, 0.5) is 20.2 Å². The average molecular weight is 248 g/mol. The van der Waals surface area contributed by atoms with Crippen LogP contribution in [0, 0.1) is 29.9 Å². The van der Waals surface area contributed by atoms with E-state index >= 15 is 0 Å². The maximum Gasteiger partial charge on any atom is 0.183 e. The van der Waals surface area contributed by atoms with Gasteiger partial charge in [0.2, 0.25) is 0 Å². The molecule has 0 amide bonds. The summed E-state index contributed by atoms with van der Waals surface area (Å²) in [6.45, 7) is 1.75. The molecular weight excluding hydrogens is 238 g/mol. The molecule has 18 heavy (non-hydrogen) atoms. The summed E-state index contributed by atoms with van der Waals surface area (Å²) in [5.74, 6) is -2.22. The van der Waals surface area contributed by atoms with Gasteiger partial charge in [-0.25, -0.2) is 8.78 Å². The van der Waals surface area contributed by atoms with Gasteiger partial charge in [-0.15, -0.1) is 0 Å². The largest absolute Gasteiger partial charge is 0.350 e. The van der Waals surface area contributed by atoms with Crippen molar-refractivity contribution in [1.29, 1.82) is 5.26 Å². The Morgan fingerprint density at radius 3 is 2.56 bits per heavy atom. The summed E-state index contributed by atoms with van der Waals surface area (Å²) in [6.07, 6.45) is 1.66. The standard InChI is InChI=1S/C12H10F2N4/c1-7-10(6-18(2)17-7)16-9-4-3-8(5-15)11(13)12(9)14/h3-4,6,16H,1-2H3. The van der Waals surface area contributed by atoms with Crippen LogP contribution in [0.1, 0.15) is 11.3 Å². The van der Waals surface area contributed by atoms with Gasteiger partial charge in [-0.05, 0) is 19.1 Å². The molecule has 0 aliphatic rings. The Balaban J connectivity index is 2.39. The van der Waals surface area contributed by atoms with Gasteiger partial charge in [0.15, 0.2) is 11.6 Å². The van der Waals surface area contributed by atoms with Gasteiger partial charge in [0.25, 0.3) is 0 Å². The third kappa shape index (κ3) is 2.02. The van der Waals surface area contributed by atoms with E-state index in [-0.39, 0.29) is 11.3 Å². The van der Waals surface area contributed by atoms with Crippen LogP contribution in [0.2, 0.25) is 0 Å². The van der Waals surface area contributed by atoms with Crippen LogP contribution in [0.5, 0.6) is 0 Å². The number of halogens is 2. The first-order valence-corrected chi connectivity index (χ1v) is 5.18. The zero-order valence-corrected chi connectivity index (χ0v) is 9.83. The molecule has 0 saturated carbocycles. The smallest absolute Gasteiger partial charge is 0.183 e. The predicted octanol–water partition coefficient (Wildman–Crippen LogP) is 2.62. The number of hydrogen-bond acceptors (Lipinski definition) is 3. The molecule has 0 bridgehead atoms. The molecule has 0 atom stereocenters. The van der Waals surface area contributed by atoms with Crippen LogP contribution in [0.3, 0.4) is 0 Å². The molecule has 1 aromatic carbocycles. The molecule has 0 aliphatic heterocycles. The first-order valence-electron chi connectivity index (χ1n) is 5.18. The van der Waals surface area contributed by atoms with Crippen molar-refractivity contribution >= 4 is 11.4 Å². The van der Waals surface area contributed by atoms with E-state index in [0.717, 1.165) is 0 Å². The first kappa shape index (κ1) is 12.0. The first-order chi connectivity index (χ1) is 8.52. The molecule has 92 valence electrons. The fourth-order valence-corrected chi connectivity index (χ4v) is 1.60. The van der Waals surface area contributed by atoms with Crippen LogP contribution >= 0.6 is 0 Å². The maximum atomic E-state index is 13.7. The Morgan fingerprint density at radius 2 is 2.00 bits per heavy atom. The third-order valence-corrected chi connectivity index (χ3v) is 2.49. The van der Waals surface area contributed by atoms with Crippen molar-refractivity contribution in [2.45, 2.75) is 6.92 Å². The molecule has 0 unspecified atom stereocenters. The zero-order valence-electron chi connectivity index (χ0n) is 9.83. The van der Waals surface area contributed by atoms with Gasteiger partial charge in [0.1, 0.15) is 6.07 Å². The number of aryl methyl sites for hydroxylation is 2. The summed E-state index contributed by atoms with van der Waals surface area (Å²) in [5.41, 5.74) is 0.908. The second kappa shape index (κ2) is 4.45. The van der Waals surface area contributed by atoms with E-state index in [9.17, 15) is 8.78 Å². The second-order valence-corrected chi connectivity index (χ2v) is 3.83. The third-order valence-electron chi connectivity index (χ3n) is 2.49. The molecule has 2 rings (SSSR count). The van der Waals surface area contributed by atoms with E-state index < -0.39 is 11.6 Å². The van der Waals surface area contributed by atoms with E-state index in [1.54, 1.807) is 30.9 Å². The summed E-state index contributed by atoms with van der Waals surface area (Å²) >= 11 is 0. The molecular formula is C12H10F2N4. The van der Waals surface area contributed by atoms with E-state index in [2.05, 4.69) is 10.4 Å². The Morgan fingerprint density at radius 1 is 1.28 bits per heavy atom. The minimum atomic E-state index is -1.15. The number of nitrogens with one attached hydrogen (secondary N) is 1. The predicted molar refractivity (Wildman–Crippen MR) is 62.3 cm³/mol. The number of aromatic nitrogens is 2. The molecule has 4 nitrogen and oxygen atoms in total. The number of nitrogens with zero attached hydrogens (tertiary/aromatic N) is 3. The summed E-state index contributed by atoms with van der Waals surface area (Å²) in [7, 11) is 1.73. The summed E-state index contributed by atoms with van der Waals surface area (Å²) in [6, 6.07) is 4.13. The lowest BCUT2D eigenvalue weighted by atomic mass is 10.2. The van der Waals surface area contributed by atoms with Crippen LogP contribution in [0.15, 0.2) is 18.3 Å². The number of benzene rings is 1. The zero-order chi connectivity index (χ0) is 13.3. The van der Waals surface area contributed by atoms with Gasteiger partial charge in [0.05, 0.1) is 22.6 Å². The number of nitriles is 1. The van der Waals surface area contributed by atoms with Crippen molar-refractivity contribution in [3.63, 3.8) is 0 Å². The quantitative estimate of drug-likeness (QED) is 0.888. The SMILES string of the molecule is Cc1nn(C)cc1Nc1ccc(C#N)c(F)c1F. The van der Waals surface area contributed by atoms with Crippen LogP contribution < -0.4 is 5.32 Å². The molecule has 0 saturated heterocycles. The minimum Gasteiger partial charge on any atom is -0.350 e. The number of anilines is 2. The summed E-state index contributed by atoms with van der Waals surface area (Å²) in [4.78, 5) is 0. The lowest BCUT2D eigenvalue weighted by molar-refractivity contribution is 0.509. The van der Waals surface area contributed by atoms with Gasteiger partial charge >= 0.3 is 0 Å². The minimum absolute atomic E-state index is 0.0254. The van der Waals surface area contributed by atoms with Crippen LogP contribution in [-0.4, -0.2) is 9.78 Å². The average Bonchev–Trinajstić information content (AvgIpc) is 2.64. The van der Waals surface area contributed by atoms with Crippen molar-refractivity contribution in [3.8, 4) is 6.07 Å². The van der Waals surface area contributed by atoms with Crippen molar-refractivity contribution in [3.05, 3.63) is 41.2 Å². The topological polar surface area (TPSA) is 53.6 Å². The molecule has 1 aromatic heterocycles.